The van der Waals surface area contributed by atoms with E-state index < -0.39 is 164 Å². The quantitative estimate of drug-likeness (QED) is 0.0119. The molecule has 0 aliphatic carbocycles. The summed E-state index contributed by atoms with van der Waals surface area (Å²) in [6.45, 7) is 5.37. The number of amides is 11. The van der Waals surface area contributed by atoms with Crippen molar-refractivity contribution < 1.29 is 72.9 Å². The van der Waals surface area contributed by atoms with Crippen LogP contribution in [0.4, 0.5) is 0 Å². The van der Waals surface area contributed by atoms with Crippen LogP contribution >= 0.6 is 25.3 Å². The molecule has 1 fully saturated rings. The van der Waals surface area contributed by atoms with Crippen molar-refractivity contribution in [3.63, 3.8) is 0 Å². The van der Waals surface area contributed by atoms with E-state index in [1.807, 2.05) is 13.8 Å². The molecular weight excluding hydrogens is 1090 g/mol. The fraction of sp³-hybridized carbons (Fsp3) is 0.723. The van der Waals surface area contributed by atoms with Crippen molar-refractivity contribution in [3.05, 3.63) is 0 Å². The lowest BCUT2D eigenvalue weighted by molar-refractivity contribution is -0.143. The smallest absolute Gasteiger partial charge is 0.326 e. The Morgan fingerprint density at radius 3 is 1.62 bits per heavy atom. The second-order valence-electron chi connectivity index (χ2n) is 19.6. The first-order valence-electron chi connectivity index (χ1n) is 26.1. The summed E-state index contributed by atoms with van der Waals surface area (Å²) in [4.78, 5) is 162. The van der Waals surface area contributed by atoms with Crippen molar-refractivity contribution in [1.82, 2.24) is 58.1 Å². The molecule has 0 bridgehead atoms. The molecule has 1 heterocycles. The van der Waals surface area contributed by atoms with Crippen LogP contribution in [0.5, 0.6) is 0 Å². The summed E-state index contributed by atoms with van der Waals surface area (Å²) < 4.78 is 0. The van der Waals surface area contributed by atoms with E-state index in [2.05, 4.69) is 83.4 Å². The monoisotopic (exact) mass is 1180 g/mol. The zero-order valence-electron chi connectivity index (χ0n) is 45.8. The van der Waals surface area contributed by atoms with Crippen molar-refractivity contribution in [3.8, 4) is 0 Å². The minimum atomic E-state index is -1.69. The molecule has 0 radical (unpaired) electrons. The maximum absolute atomic E-state index is 14.3. The first-order valence-corrected chi connectivity index (χ1v) is 27.4. The number of unbranched alkanes of at least 4 members (excludes halogenated alkanes) is 1. The lowest BCUT2D eigenvalue weighted by Crippen LogP contribution is -2.61. The van der Waals surface area contributed by atoms with E-state index in [9.17, 15) is 72.9 Å². The number of nitrogens with zero attached hydrogens (tertiary/aromatic N) is 2. The number of carboxylic acids is 1. The fourth-order valence-corrected chi connectivity index (χ4v) is 8.20. The van der Waals surface area contributed by atoms with Crippen LogP contribution < -0.4 is 76.1 Å². The summed E-state index contributed by atoms with van der Waals surface area (Å²) in [6, 6.07) is -13.3. The minimum absolute atomic E-state index is 0.00259. The van der Waals surface area contributed by atoms with Gasteiger partial charge in [-0.2, -0.15) is 25.3 Å². The number of aliphatic imine (C=N–C) groups is 1. The third-order valence-corrected chi connectivity index (χ3v) is 12.8. The summed E-state index contributed by atoms with van der Waals surface area (Å²) in [5, 5.41) is 53.5. The van der Waals surface area contributed by atoms with Gasteiger partial charge in [0.2, 0.25) is 65.0 Å². The molecule has 11 amide bonds. The summed E-state index contributed by atoms with van der Waals surface area (Å²) in [5.74, 6) is -12.3. The normalized spacial score (nSPS) is 16.4. The van der Waals surface area contributed by atoms with Crippen molar-refractivity contribution in [2.45, 2.75) is 146 Å². The van der Waals surface area contributed by atoms with E-state index in [0.717, 1.165) is 0 Å². The Labute approximate surface area is 475 Å². The number of aliphatic hydroxyl groups is 2. The summed E-state index contributed by atoms with van der Waals surface area (Å²) in [6.07, 6.45) is 1.68. The molecule has 1 aliphatic heterocycles. The van der Waals surface area contributed by atoms with E-state index in [4.69, 9.17) is 22.9 Å². The molecule has 0 saturated carbocycles. The van der Waals surface area contributed by atoms with E-state index >= 15 is 0 Å². The zero-order valence-corrected chi connectivity index (χ0v) is 47.6. The van der Waals surface area contributed by atoms with E-state index in [-0.39, 0.29) is 68.6 Å². The maximum atomic E-state index is 14.3. The molecule has 80 heavy (non-hydrogen) atoms. The van der Waals surface area contributed by atoms with Crippen molar-refractivity contribution >= 4 is 102 Å². The number of carboxylic acid groups (broad SMARTS) is 1. The first kappa shape index (κ1) is 71.5. The summed E-state index contributed by atoms with van der Waals surface area (Å²) >= 11 is 8.33. The molecule has 1 aliphatic rings. The van der Waals surface area contributed by atoms with Crippen molar-refractivity contribution in [1.29, 1.82) is 0 Å². The second-order valence-corrected chi connectivity index (χ2v) is 20.4. The highest BCUT2D eigenvalue weighted by molar-refractivity contribution is 7.80. The van der Waals surface area contributed by atoms with Gasteiger partial charge in [-0.15, -0.1) is 0 Å². The third kappa shape index (κ3) is 25.7. The summed E-state index contributed by atoms with van der Waals surface area (Å²) in [5.41, 5.74) is 22.0. The van der Waals surface area contributed by atoms with Crippen molar-refractivity contribution in [2.24, 2.45) is 39.8 Å². The van der Waals surface area contributed by atoms with Crippen molar-refractivity contribution in [2.75, 3.05) is 57.4 Å². The molecule has 0 aromatic carbocycles. The highest BCUT2D eigenvalue weighted by atomic mass is 32.1. The number of carbonyl (C=O) groups excluding carboxylic acids is 11. The highest BCUT2D eigenvalue weighted by Gasteiger charge is 2.41. The molecule has 1 rings (SSSR count). The molecule has 1 saturated heterocycles. The van der Waals surface area contributed by atoms with Crippen LogP contribution in [0.1, 0.15) is 86.0 Å². The van der Waals surface area contributed by atoms with Gasteiger partial charge in [-0.25, -0.2) is 4.79 Å². The molecule has 31 nitrogen and oxygen atoms in total. The number of carbonyl (C=O) groups is 12. The number of thiol groups is 2. The van der Waals surface area contributed by atoms with Crippen LogP contribution in [-0.4, -0.2) is 215 Å². The molecule has 454 valence electrons. The van der Waals surface area contributed by atoms with Gasteiger partial charge < -0.3 is 96.3 Å². The molecule has 33 heteroatoms. The van der Waals surface area contributed by atoms with Crippen LogP contribution in [0.3, 0.4) is 0 Å². The number of rotatable bonds is 37. The molecule has 0 unspecified atom stereocenters. The van der Waals surface area contributed by atoms with Gasteiger partial charge in [0.05, 0.1) is 32.3 Å². The highest BCUT2D eigenvalue weighted by Crippen LogP contribution is 2.21. The number of aliphatic carboxylic acids is 1. The lowest BCUT2D eigenvalue weighted by atomic mass is 10.0. The standard InChI is InChI=1S/C47H84N16O15S2/c1-23(2)16-28(57-37(68)25(5)49)40(71)60-31(21-79)42(73)59-30(20-65)41(72)56-26(11-8-14-52-47(50)51)39(70)62-36(24(3)4)45(76)63-15-9-12-33(63)44(75)61-32(22-80)43(74)58-29(19-64)38(69)54-17-34(66)53-18-35(67)55-27(46(77)78)10-6-7-13-48/h23-33,36,64-65,79-80H,6-22,48-49H2,1-5H3,(H,53,66)(H,54,69)(H,55,67)(H,56,72)(H,57,68)(H,58,74)(H,59,73)(H,60,71)(H,61,75)(H,62,70)(H,77,78)(H4,50,51,52)/t25-,26-,27-,28-,29-,30-,31-,32-,33-,36-/m0/s1. The zero-order chi connectivity index (χ0) is 60.8. The summed E-state index contributed by atoms with van der Waals surface area (Å²) in [7, 11) is 0. The average molecular weight is 1180 g/mol. The van der Waals surface area contributed by atoms with Gasteiger partial charge >= 0.3 is 5.97 Å². The number of guanidine groups is 1. The molecule has 10 atom stereocenters. The topological polar surface area (TPSA) is 506 Å². The molecule has 0 aromatic rings. The Balaban J connectivity index is 3.13. The van der Waals surface area contributed by atoms with Gasteiger partial charge in [-0.1, -0.05) is 27.7 Å². The van der Waals surface area contributed by atoms with E-state index in [1.54, 1.807) is 13.8 Å². The first-order chi connectivity index (χ1) is 37.6. The van der Waals surface area contributed by atoms with Gasteiger partial charge in [0, 0.05) is 24.6 Å². The van der Waals surface area contributed by atoms with Crippen LogP contribution in [0.2, 0.25) is 0 Å². The lowest BCUT2D eigenvalue weighted by Gasteiger charge is -2.32. The SMILES string of the molecule is CC(C)C[C@H](NC(=O)[C@H](C)N)C(=O)N[C@@H](CS)C(=O)N[C@@H](CO)C(=O)N[C@@H](CCCN=C(N)N)C(=O)N[C@H](C(=O)N1CCC[C@H]1C(=O)N[C@@H](CS)C(=O)N[C@@H](CO)C(=O)NCC(=O)NCC(=O)N[C@@H](CCCCN)C(=O)O)C(C)C. The molecule has 0 spiro atoms. The van der Waals surface area contributed by atoms with Crippen LogP contribution in [0.25, 0.3) is 0 Å². The number of aliphatic hydroxyl groups excluding tert-OH is 2. The van der Waals surface area contributed by atoms with Crippen LogP contribution in [0, 0.1) is 11.8 Å². The molecular formula is C47H84N16O15S2. The van der Waals surface area contributed by atoms with Gasteiger partial charge in [0.15, 0.2) is 5.96 Å². The predicted octanol–water partition coefficient (Wildman–Crippen LogP) is -7.75. The third-order valence-electron chi connectivity index (χ3n) is 12.1. The number of nitrogens with two attached hydrogens (primary N) is 4. The van der Waals surface area contributed by atoms with Gasteiger partial charge in [0.25, 0.3) is 0 Å². The Morgan fingerprint density at radius 2 is 1.10 bits per heavy atom. The van der Waals surface area contributed by atoms with E-state index in [1.165, 1.54) is 11.8 Å². The molecule has 21 N–H and O–H groups in total. The second kappa shape index (κ2) is 37.4. The molecule has 0 aromatic heterocycles. The van der Waals surface area contributed by atoms with E-state index in [0.29, 0.717) is 25.8 Å². The Bertz CT molecular complexity index is 2160. The van der Waals surface area contributed by atoms with Crippen LogP contribution in [-0.2, 0) is 57.5 Å². The number of hydrogen-bond donors (Lipinski definition) is 19. The van der Waals surface area contributed by atoms with Gasteiger partial charge in [0.1, 0.15) is 54.4 Å². The Morgan fingerprint density at radius 1 is 0.600 bits per heavy atom. The average Bonchev–Trinajstić information content (AvgIpc) is 3.90. The number of likely N-dealkylation sites (tertiary alicyclic amines) is 1. The number of nitrogens with one attached hydrogen (secondary N) is 10. The van der Waals surface area contributed by atoms with Crippen LogP contribution in [0.15, 0.2) is 4.99 Å². The minimum Gasteiger partial charge on any atom is -0.480 e. The maximum Gasteiger partial charge on any atom is 0.326 e. The van der Waals surface area contributed by atoms with Gasteiger partial charge in [-0.05, 0) is 76.7 Å². The fourth-order valence-electron chi connectivity index (χ4n) is 7.69. The Kier molecular flexibility index (Phi) is 33.4. The van der Waals surface area contributed by atoms with Gasteiger partial charge in [-0.3, -0.25) is 57.7 Å². The predicted molar refractivity (Wildman–Crippen MR) is 296 cm³/mol. The largest absolute Gasteiger partial charge is 0.480 e. The number of hydrogen-bond acceptors (Lipinski definition) is 19. The Hall–Kier alpha value is -6.55.